The van der Waals surface area contributed by atoms with Gasteiger partial charge in [0, 0.05) is 22.8 Å². The molecule has 7 heteroatoms. The third kappa shape index (κ3) is 4.06. The highest BCUT2D eigenvalue weighted by Crippen LogP contribution is 2.33. The Morgan fingerprint density at radius 3 is 2.33 bits per heavy atom. The van der Waals surface area contributed by atoms with Crippen molar-refractivity contribution in [3.05, 3.63) is 89.1 Å². The van der Waals surface area contributed by atoms with Crippen molar-refractivity contribution in [1.29, 1.82) is 0 Å². The number of aryl methyl sites for hydroxylation is 1. The summed E-state index contributed by atoms with van der Waals surface area (Å²) in [6.45, 7) is 1.65. The number of carbonyl (C=O) groups excluding carboxylic acids is 3. The Morgan fingerprint density at radius 2 is 1.63 bits per heavy atom. The van der Waals surface area contributed by atoms with Crippen LogP contribution < -0.4 is 5.32 Å². The number of nitrogens with zero attached hydrogens (tertiary/aromatic N) is 2. The predicted molar refractivity (Wildman–Crippen MR) is 118 cm³/mol. The number of nitrogens with one attached hydrogen (secondary N) is 1. The zero-order valence-corrected chi connectivity index (χ0v) is 17.1. The number of hydrogen-bond donors (Lipinski definition) is 1. The van der Waals surface area contributed by atoms with E-state index in [0.717, 1.165) is 33.7 Å². The van der Waals surface area contributed by atoms with Crippen LogP contribution in [0.5, 0.6) is 0 Å². The molecule has 0 bridgehead atoms. The summed E-state index contributed by atoms with van der Waals surface area (Å²) in [5.74, 6) is -0.889. The van der Waals surface area contributed by atoms with Gasteiger partial charge in [-0.15, -0.1) is 0 Å². The molecule has 1 N–H and O–H groups in total. The van der Waals surface area contributed by atoms with Gasteiger partial charge in [-0.3, -0.25) is 19.3 Å². The van der Waals surface area contributed by atoms with Crippen LogP contribution in [0.25, 0.3) is 11.8 Å². The maximum Gasteiger partial charge on any atom is 0.294 e. The second-order valence-electron chi connectivity index (χ2n) is 6.75. The maximum absolute atomic E-state index is 12.8. The molecule has 1 saturated heterocycles. The summed E-state index contributed by atoms with van der Waals surface area (Å²) in [6, 6.07) is 22.5. The minimum Gasteiger partial charge on any atom is -0.325 e. The van der Waals surface area contributed by atoms with Crippen molar-refractivity contribution in [2.24, 2.45) is 0 Å². The molecule has 3 amide bonds. The monoisotopic (exact) mass is 417 g/mol. The van der Waals surface area contributed by atoms with E-state index in [1.165, 1.54) is 0 Å². The molecular formula is C23H19N3O3S. The van der Waals surface area contributed by atoms with Crippen LogP contribution in [-0.2, 0) is 9.59 Å². The van der Waals surface area contributed by atoms with Gasteiger partial charge in [0.2, 0.25) is 5.91 Å². The molecule has 3 aromatic rings. The summed E-state index contributed by atoms with van der Waals surface area (Å²) in [7, 11) is 0. The quantitative estimate of drug-likeness (QED) is 0.622. The number of anilines is 1. The Morgan fingerprint density at radius 1 is 0.967 bits per heavy atom. The summed E-state index contributed by atoms with van der Waals surface area (Å²) in [6.07, 6.45) is 1.69. The van der Waals surface area contributed by atoms with Gasteiger partial charge in [-0.05, 0) is 61.2 Å². The van der Waals surface area contributed by atoms with Gasteiger partial charge in [0.25, 0.3) is 11.1 Å². The van der Waals surface area contributed by atoms with Crippen molar-refractivity contribution in [3.8, 4) is 5.69 Å². The minimum atomic E-state index is -0.466. The van der Waals surface area contributed by atoms with E-state index in [0.29, 0.717) is 10.6 Å². The number of thioether (sulfide) groups is 1. The summed E-state index contributed by atoms with van der Waals surface area (Å²) in [4.78, 5) is 38.7. The first-order valence-corrected chi connectivity index (χ1v) is 10.2. The average Bonchev–Trinajstić information content (AvgIpc) is 3.23. The van der Waals surface area contributed by atoms with Crippen LogP contribution in [-0.4, -0.2) is 33.1 Å². The van der Waals surface area contributed by atoms with Gasteiger partial charge in [-0.2, -0.15) is 0 Å². The van der Waals surface area contributed by atoms with Gasteiger partial charge in [-0.1, -0.05) is 36.4 Å². The summed E-state index contributed by atoms with van der Waals surface area (Å²) in [5.41, 5.74) is 3.38. The van der Waals surface area contributed by atoms with Crippen molar-refractivity contribution in [3.63, 3.8) is 0 Å². The molecule has 150 valence electrons. The highest BCUT2D eigenvalue weighted by molar-refractivity contribution is 8.18. The van der Waals surface area contributed by atoms with Crippen LogP contribution >= 0.6 is 11.8 Å². The first-order valence-electron chi connectivity index (χ1n) is 9.37. The molecule has 6 nitrogen and oxygen atoms in total. The first kappa shape index (κ1) is 19.7. The van der Waals surface area contributed by atoms with Gasteiger partial charge < -0.3 is 9.88 Å². The zero-order valence-electron chi connectivity index (χ0n) is 16.2. The van der Waals surface area contributed by atoms with Crippen LogP contribution in [0.2, 0.25) is 0 Å². The number of para-hydroxylation sites is 2. The van der Waals surface area contributed by atoms with Crippen LogP contribution in [0.1, 0.15) is 11.4 Å². The molecule has 1 fully saturated rings. The molecular weight excluding hydrogens is 398 g/mol. The summed E-state index contributed by atoms with van der Waals surface area (Å²) in [5, 5.41) is 2.24. The maximum atomic E-state index is 12.8. The third-order valence-corrected chi connectivity index (χ3v) is 5.54. The lowest BCUT2D eigenvalue weighted by molar-refractivity contribution is -0.127. The van der Waals surface area contributed by atoms with Gasteiger partial charge in [0.05, 0.1) is 4.91 Å². The van der Waals surface area contributed by atoms with Gasteiger partial charge in [0.15, 0.2) is 0 Å². The molecule has 1 aliphatic heterocycles. The van der Waals surface area contributed by atoms with Crippen LogP contribution in [0.3, 0.4) is 0 Å². The third-order valence-electron chi connectivity index (χ3n) is 4.63. The fourth-order valence-electron chi connectivity index (χ4n) is 3.24. The first-order chi connectivity index (χ1) is 14.5. The van der Waals surface area contributed by atoms with E-state index < -0.39 is 17.1 Å². The average molecular weight is 417 g/mol. The molecule has 1 aromatic heterocycles. The molecule has 0 spiro atoms. The minimum absolute atomic E-state index is 0.294. The normalized spacial score (nSPS) is 15.1. The molecule has 2 aromatic carbocycles. The van der Waals surface area contributed by atoms with Crippen molar-refractivity contribution in [2.75, 3.05) is 11.9 Å². The molecule has 0 saturated carbocycles. The van der Waals surface area contributed by atoms with Crippen molar-refractivity contribution >= 4 is 40.6 Å². The smallest absolute Gasteiger partial charge is 0.294 e. The Hall–Kier alpha value is -3.58. The van der Waals surface area contributed by atoms with Crippen LogP contribution in [0, 0.1) is 6.92 Å². The second-order valence-corrected chi connectivity index (χ2v) is 7.75. The van der Waals surface area contributed by atoms with Crippen LogP contribution in [0.4, 0.5) is 10.5 Å². The highest BCUT2D eigenvalue weighted by atomic mass is 32.2. The highest BCUT2D eigenvalue weighted by Gasteiger charge is 2.36. The topological polar surface area (TPSA) is 71.4 Å². The zero-order chi connectivity index (χ0) is 21.1. The molecule has 0 unspecified atom stereocenters. The Balaban J connectivity index is 1.53. The van der Waals surface area contributed by atoms with E-state index >= 15 is 0 Å². The lowest BCUT2D eigenvalue weighted by Gasteiger charge is -2.12. The van der Waals surface area contributed by atoms with Crippen molar-refractivity contribution in [1.82, 2.24) is 9.47 Å². The molecule has 0 aliphatic carbocycles. The van der Waals surface area contributed by atoms with E-state index in [2.05, 4.69) is 5.32 Å². The number of hydrogen-bond acceptors (Lipinski definition) is 4. The molecule has 30 heavy (non-hydrogen) atoms. The van der Waals surface area contributed by atoms with E-state index in [1.54, 1.807) is 30.3 Å². The Bertz CT molecular complexity index is 1140. The Kier molecular flexibility index (Phi) is 5.54. The fraction of sp³-hybridized carbons (Fsp3) is 0.0870. The van der Waals surface area contributed by atoms with Gasteiger partial charge in [0.1, 0.15) is 6.54 Å². The number of aromatic nitrogens is 1. The number of rotatable bonds is 5. The summed E-state index contributed by atoms with van der Waals surface area (Å²) >= 11 is 0.843. The number of amides is 3. The second kappa shape index (κ2) is 8.42. The van der Waals surface area contributed by atoms with Gasteiger partial charge in [-0.25, -0.2) is 0 Å². The number of imide groups is 1. The number of benzene rings is 2. The molecule has 1 aliphatic rings. The fourth-order valence-corrected chi connectivity index (χ4v) is 4.06. The van der Waals surface area contributed by atoms with E-state index in [4.69, 9.17) is 0 Å². The molecule has 2 heterocycles. The number of carbonyl (C=O) groups is 3. The lowest BCUT2D eigenvalue weighted by Crippen LogP contribution is -2.36. The van der Waals surface area contributed by atoms with Crippen LogP contribution in [0.15, 0.2) is 77.7 Å². The Labute approximate surface area is 178 Å². The van der Waals surface area contributed by atoms with E-state index in [1.807, 2.05) is 60.0 Å². The largest absolute Gasteiger partial charge is 0.325 e. The lowest BCUT2D eigenvalue weighted by atomic mass is 10.3. The standard InChI is InChI=1S/C23H19N3O3S/c1-16-12-13-19(26(16)18-10-6-3-7-11-18)14-20-22(28)25(23(29)30-20)15-21(27)24-17-8-4-2-5-9-17/h2-14H,15H2,1H3,(H,24,27)/b20-14-. The molecule has 4 rings (SSSR count). The SMILES string of the molecule is Cc1ccc(/C=C2\SC(=O)N(CC(=O)Nc3ccccc3)C2=O)n1-c1ccccc1. The van der Waals surface area contributed by atoms with E-state index in [9.17, 15) is 14.4 Å². The molecule has 0 radical (unpaired) electrons. The molecule has 0 atom stereocenters. The van der Waals surface area contributed by atoms with Crippen molar-refractivity contribution in [2.45, 2.75) is 6.92 Å². The van der Waals surface area contributed by atoms with E-state index in [-0.39, 0.29) is 6.54 Å². The van der Waals surface area contributed by atoms with Crippen molar-refractivity contribution < 1.29 is 14.4 Å². The summed E-state index contributed by atoms with van der Waals surface area (Å²) < 4.78 is 2.01. The predicted octanol–water partition coefficient (Wildman–Crippen LogP) is 4.46. The van der Waals surface area contributed by atoms with Gasteiger partial charge >= 0.3 is 0 Å².